The number of nitrogens with zero attached hydrogens (tertiary/aromatic N) is 9. The molecule has 4 aliphatic heterocycles. The standard InChI is InChI=1S/C19H27N3.2C18H26N4.C15H20N2O/c1-19(2,3)20-17-7-5-16-14-18(8-6-15(16)13-17)22-11-9-21(4)10-12-22;1-18(2,3)20-15-6-7-16-14(13-15)5-8-17(19-16)22-11-9-21(4)10-12-22;1-18(2,3)20-15-6-5-14-11-16(13-19-17(14)12-15)22-9-7-21(4)8-10-22;1-15(2,3)16-12-5-4-11-6-7-17(14(11)8-12)13-9-18-10-13/h5-8,13-14,20H,9-12H2,1-4H3;5-8,13,20H,9-12H2,1-4H3;5-6,11-13,20H,7-10H2,1-4H3;4-8,13,16H,9-10H2,1-3H3. The number of hydrogen-bond acceptors (Lipinski definition) is 13. The summed E-state index contributed by atoms with van der Waals surface area (Å²) in [6.07, 6.45) is 4.17. The molecule has 14 heteroatoms. The van der Waals surface area contributed by atoms with Crippen LogP contribution in [0.25, 0.3) is 43.5 Å². The van der Waals surface area contributed by atoms with Crippen LogP contribution in [0.15, 0.2) is 128 Å². The lowest BCUT2D eigenvalue weighted by Gasteiger charge is -2.34. The molecule has 12 rings (SSSR count). The summed E-state index contributed by atoms with van der Waals surface area (Å²) in [4.78, 5) is 23.9. The first-order valence-corrected chi connectivity index (χ1v) is 30.7. The highest BCUT2D eigenvalue weighted by Crippen LogP contribution is 2.31. The molecule has 0 atom stereocenters. The van der Waals surface area contributed by atoms with E-state index >= 15 is 0 Å². The number of piperazine rings is 3. The zero-order chi connectivity index (χ0) is 60.0. The minimum atomic E-state index is 0.0629. The molecule has 4 fully saturated rings. The van der Waals surface area contributed by atoms with E-state index in [2.05, 4.69) is 286 Å². The Labute approximate surface area is 502 Å². The van der Waals surface area contributed by atoms with Crippen molar-refractivity contribution in [3.8, 4) is 0 Å². The summed E-state index contributed by atoms with van der Waals surface area (Å²) < 4.78 is 7.61. The Kier molecular flexibility index (Phi) is 19.2. The molecule has 14 nitrogen and oxygen atoms in total. The highest BCUT2D eigenvalue weighted by atomic mass is 16.5. The molecule has 4 aliphatic rings. The lowest BCUT2D eigenvalue weighted by Crippen LogP contribution is -2.44. The third kappa shape index (κ3) is 17.6. The average Bonchev–Trinajstić information content (AvgIpc) is 3.52. The molecule has 0 unspecified atom stereocenters. The number of nitrogens with one attached hydrogen (secondary N) is 4. The molecule has 7 heterocycles. The Morgan fingerprint density at radius 2 is 0.810 bits per heavy atom. The van der Waals surface area contributed by atoms with Crippen LogP contribution in [0, 0.1) is 0 Å². The maximum absolute atomic E-state index is 5.28. The number of rotatable bonds is 8. The first-order valence-electron chi connectivity index (χ1n) is 30.7. The van der Waals surface area contributed by atoms with Crippen molar-refractivity contribution < 1.29 is 4.74 Å². The Morgan fingerprint density at radius 3 is 1.35 bits per heavy atom. The predicted octanol–water partition coefficient (Wildman–Crippen LogP) is 13.6. The number of ether oxygens (including phenoxy) is 1. The molecule has 4 N–H and O–H groups in total. The van der Waals surface area contributed by atoms with Gasteiger partial charge >= 0.3 is 0 Å². The molecule has 4 saturated heterocycles. The zero-order valence-electron chi connectivity index (χ0n) is 53.5. The summed E-state index contributed by atoms with van der Waals surface area (Å²) in [5, 5.41) is 20.4. The van der Waals surface area contributed by atoms with Crippen molar-refractivity contribution in [1.29, 1.82) is 0 Å². The lowest BCUT2D eigenvalue weighted by atomic mass is 10.1. The largest absolute Gasteiger partial charge is 0.380 e. The number of pyridine rings is 2. The second-order valence-electron chi connectivity index (χ2n) is 28.0. The van der Waals surface area contributed by atoms with E-state index < -0.39 is 0 Å². The van der Waals surface area contributed by atoms with Crippen LogP contribution in [0.3, 0.4) is 0 Å². The van der Waals surface area contributed by atoms with Crippen molar-refractivity contribution in [2.75, 3.05) is 149 Å². The molecule has 84 heavy (non-hydrogen) atoms. The fourth-order valence-electron chi connectivity index (χ4n) is 11.1. The molecule has 0 spiro atoms. The second kappa shape index (κ2) is 26.2. The van der Waals surface area contributed by atoms with Crippen molar-refractivity contribution in [3.05, 3.63) is 128 Å². The first-order chi connectivity index (χ1) is 39.7. The van der Waals surface area contributed by atoms with Gasteiger partial charge in [-0.15, -0.1) is 0 Å². The Bertz CT molecular complexity index is 3150. The highest BCUT2D eigenvalue weighted by molar-refractivity contribution is 5.89. The van der Waals surface area contributed by atoms with Gasteiger partial charge in [0.15, 0.2) is 0 Å². The first kappa shape index (κ1) is 61.7. The average molecular weight is 1140 g/mol. The summed E-state index contributed by atoms with van der Waals surface area (Å²) in [5.74, 6) is 1.09. The van der Waals surface area contributed by atoms with Gasteiger partial charge in [0, 0.05) is 146 Å². The third-order valence-electron chi connectivity index (χ3n) is 15.5. The second-order valence-corrected chi connectivity index (χ2v) is 28.0. The van der Waals surface area contributed by atoms with Gasteiger partial charge in [0.05, 0.1) is 47.7 Å². The van der Waals surface area contributed by atoms with Gasteiger partial charge in [-0.05, 0) is 211 Å². The zero-order valence-corrected chi connectivity index (χ0v) is 53.5. The topological polar surface area (TPSA) is 108 Å². The smallest absolute Gasteiger partial charge is 0.129 e. The third-order valence-corrected chi connectivity index (χ3v) is 15.5. The molecule has 3 aromatic heterocycles. The Balaban J connectivity index is 0.000000135. The number of benzene rings is 5. The van der Waals surface area contributed by atoms with E-state index in [1.807, 2.05) is 6.20 Å². The van der Waals surface area contributed by atoms with Crippen LogP contribution in [-0.2, 0) is 4.74 Å². The predicted molar refractivity (Wildman–Crippen MR) is 362 cm³/mol. The van der Waals surface area contributed by atoms with Crippen LogP contribution in [0.2, 0.25) is 0 Å². The van der Waals surface area contributed by atoms with Crippen molar-refractivity contribution in [3.63, 3.8) is 0 Å². The van der Waals surface area contributed by atoms with Crippen LogP contribution >= 0.6 is 0 Å². The number of anilines is 7. The number of likely N-dealkylation sites (N-methyl/N-ethyl adjacent to an activating group) is 3. The van der Waals surface area contributed by atoms with Gasteiger partial charge in [0.2, 0.25) is 0 Å². The summed E-state index contributed by atoms with van der Waals surface area (Å²) in [6.45, 7) is 41.0. The minimum Gasteiger partial charge on any atom is -0.380 e. The van der Waals surface area contributed by atoms with E-state index in [0.717, 1.165) is 120 Å². The normalized spacial score (nSPS) is 17.0. The lowest BCUT2D eigenvalue weighted by molar-refractivity contribution is -0.0213. The fraction of sp³-hybridized carbons (Fsp3) is 0.486. The van der Waals surface area contributed by atoms with Crippen LogP contribution < -0.4 is 36.0 Å². The summed E-state index contributed by atoms with van der Waals surface area (Å²) in [7, 11) is 6.55. The van der Waals surface area contributed by atoms with E-state index in [0.29, 0.717) is 6.04 Å². The van der Waals surface area contributed by atoms with Crippen LogP contribution in [0.5, 0.6) is 0 Å². The molecule has 8 aromatic rings. The quantitative estimate of drug-likeness (QED) is 0.116. The van der Waals surface area contributed by atoms with Gasteiger partial charge < -0.3 is 60.0 Å². The van der Waals surface area contributed by atoms with E-state index in [4.69, 9.17) is 9.72 Å². The van der Waals surface area contributed by atoms with Crippen LogP contribution in [-0.4, -0.2) is 164 Å². The van der Waals surface area contributed by atoms with Gasteiger partial charge in [-0.1, -0.05) is 24.3 Å². The van der Waals surface area contributed by atoms with Gasteiger partial charge in [-0.3, -0.25) is 4.98 Å². The maximum Gasteiger partial charge on any atom is 0.129 e. The Morgan fingerprint density at radius 1 is 0.393 bits per heavy atom. The minimum absolute atomic E-state index is 0.0629. The summed E-state index contributed by atoms with van der Waals surface area (Å²) in [6, 6.07) is 42.2. The Hall–Kier alpha value is -6.84. The van der Waals surface area contributed by atoms with Crippen LogP contribution in [0.1, 0.15) is 89.1 Å². The SMILES string of the molecule is CC(C)(C)Nc1ccc2ccn(C3COC3)c2c1.CN1CCN(c2ccc3cc(NC(C)(C)C)ccc3c2)CC1.CN1CCN(c2ccc3cc(NC(C)(C)C)ccc3n2)CC1.CN1CCN(c2cnc3cc(NC(C)(C)C)ccc3c2)CC1. The molecular weight excluding hydrogens is 1040 g/mol. The maximum atomic E-state index is 5.28. The van der Waals surface area contributed by atoms with Gasteiger partial charge in [0.25, 0.3) is 0 Å². The molecule has 0 radical (unpaired) electrons. The van der Waals surface area contributed by atoms with Crippen LogP contribution in [0.4, 0.5) is 39.9 Å². The number of hydrogen-bond donors (Lipinski definition) is 4. The van der Waals surface area contributed by atoms with Crippen molar-refractivity contribution in [2.24, 2.45) is 0 Å². The molecule has 450 valence electrons. The van der Waals surface area contributed by atoms with E-state index in [1.165, 1.54) is 55.2 Å². The van der Waals surface area contributed by atoms with Gasteiger partial charge in [-0.2, -0.15) is 0 Å². The molecule has 0 amide bonds. The van der Waals surface area contributed by atoms with Crippen molar-refractivity contribution in [2.45, 2.75) is 111 Å². The number of aromatic nitrogens is 3. The van der Waals surface area contributed by atoms with Gasteiger partial charge in [-0.25, -0.2) is 4.98 Å². The molecule has 0 saturated carbocycles. The summed E-state index contributed by atoms with van der Waals surface area (Å²) in [5.41, 5.74) is 10.9. The monoisotopic (exact) mass is 1140 g/mol. The molecule has 0 aliphatic carbocycles. The molecular formula is C70H99N13O. The van der Waals surface area contributed by atoms with E-state index in [1.54, 1.807) is 0 Å². The molecule has 0 bridgehead atoms. The fourth-order valence-corrected chi connectivity index (χ4v) is 11.1. The van der Waals surface area contributed by atoms with E-state index in [9.17, 15) is 0 Å². The van der Waals surface area contributed by atoms with E-state index in [-0.39, 0.29) is 22.2 Å². The van der Waals surface area contributed by atoms with Crippen molar-refractivity contribution >= 4 is 83.4 Å². The summed E-state index contributed by atoms with van der Waals surface area (Å²) >= 11 is 0. The molecule has 5 aromatic carbocycles. The number of fused-ring (bicyclic) bond motifs is 4. The van der Waals surface area contributed by atoms with Gasteiger partial charge in [0.1, 0.15) is 5.82 Å². The van der Waals surface area contributed by atoms with Crippen molar-refractivity contribution in [1.82, 2.24) is 29.2 Å². The highest BCUT2D eigenvalue weighted by Gasteiger charge is 2.23.